The van der Waals surface area contributed by atoms with Crippen molar-refractivity contribution >= 4 is 43.1 Å². The van der Waals surface area contributed by atoms with Gasteiger partial charge in [0.25, 0.3) is 0 Å². The molecule has 2 heterocycles. The van der Waals surface area contributed by atoms with Crippen molar-refractivity contribution in [3.05, 3.63) is 71.3 Å². The third kappa shape index (κ3) is 5.23. The van der Waals surface area contributed by atoms with Gasteiger partial charge in [-0.1, -0.05) is 30.3 Å². The molecule has 0 amide bonds. The van der Waals surface area contributed by atoms with Gasteiger partial charge in [0.05, 0.1) is 40.5 Å². The van der Waals surface area contributed by atoms with Crippen LogP contribution < -0.4 is 10.0 Å². The summed E-state index contributed by atoms with van der Waals surface area (Å²) in [5, 5.41) is 17.0. The SMILES string of the molecule is COCC(CO)NS(=O)(=O)c1ccc(Nc2cc(-c3ccccc3)nc3c(Br)cnn23)cc1. The maximum atomic E-state index is 12.6. The van der Waals surface area contributed by atoms with Gasteiger partial charge in [-0.25, -0.2) is 18.1 Å². The van der Waals surface area contributed by atoms with Crippen LogP contribution in [0.5, 0.6) is 0 Å². The van der Waals surface area contributed by atoms with Crippen molar-refractivity contribution in [2.24, 2.45) is 0 Å². The lowest BCUT2D eigenvalue weighted by Crippen LogP contribution is -2.40. The second-order valence-electron chi connectivity index (χ2n) is 7.23. The van der Waals surface area contributed by atoms with Crippen molar-refractivity contribution in [2.45, 2.75) is 10.9 Å². The Morgan fingerprint density at radius 3 is 2.55 bits per heavy atom. The first kappa shape index (κ1) is 23.3. The Kier molecular flexibility index (Phi) is 7.05. The molecule has 172 valence electrons. The van der Waals surface area contributed by atoms with Crippen LogP contribution >= 0.6 is 15.9 Å². The molecule has 11 heteroatoms. The molecule has 4 aromatic rings. The van der Waals surface area contributed by atoms with Gasteiger partial charge in [0, 0.05) is 24.4 Å². The number of fused-ring (bicyclic) bond motifs is 1. The molecule has 0 spiro atoms. The number of aliphatic hydroxyl groups excluding tert-OH is 1. The fraction of sp³-hybridized carbons (Fsp3) is 0.182. The standard InChI is InChI=1S/C22H22BrN5O4S/c1-32-14-17(13-29)27-33(30,31)18-9-7-16(8-10-18)25-21-11-20(15-5-3-2-4-6-15)26-22-19(23)12-24-28(21)22/h2-12,17,25,27,29H,13-14H2,1H3. The molecular formula is C22H22BrN5O4S. The molecule has 1 unspecified atom stereocenters. The summed E-state index contributed by atoms with van der Waals surface area (Å²) in [6.45, 7) is -0.301. The van der Waals surface area contributed by atoms with Crippen LogP contribution in [0.4, 0.5) is 11.5 Å². The molecule has 0 aliphatic heterocycles. The number of nitrogens with one attached hydrogen (secondary N) is 2. The van der Waals surface area contributed by atoms with Gasteiger partial charge >= 0.3 is 0 Å². The Balaban J connectivity index is 1.62. The third-order valence-corrected chi connectivity index (χ3v) is 6.94. The summed E-state index contributed by atoms with van der Waals surface area (Å²) < 4.78 is 35.0. The summed E-state index contributed by atoms with van der Waals surface area (Å²) in [5.74, 6) is 0.665. The lowest BCUT2D eigenvalue weighted by atomic mass is 10.1. The van der Waals surface area contributed by atoms with Gasteiger partial charge in [0.1, 0.15) is 5.82 Å². The summed E-state index contributed by atoms with van der Waals surface area (Å²) in [4.78, 5) is 4.78. The number of aliphatic hydroxyl groups is 1. The van der Waals surface area contributed by atoms with E-state index in [4.69, 9.17) is 9.72 Å². The molecule has 1 atom stereocenters. The van der Waals surface area contributed by atoms with E-state index in [1.165, 1.54) is 19.2 Å². The number of rotatable bonds is 9. The Morgan fingerprint density at radius 2 is 1.88 bits per heavy atom. The quantitative estimate of drug-likeness (QED) is 0.303. The molecule has 0 aliphatic carbocycles. The predicted molar refractivity (Wildman–Crippen MR) is 129 cm³/mol. The van der Waals surface area contributed by atoms with E-state index < -0.39 is 16.1 Å². The van der Waals surface area contributed by atoms with Crippen LogP contribution in [0.1, 0.15) is 0 Å². The van der Waals surface area contributed by atoms with Crippen LogP contribution in [-0.2, 0) is 14.8 Å². The Morgan fingerprint density at radius 1 is 1.15 bits per heavy atom. The molecular weight excluding hydrogens is 510 g/mol. The zero-order chi connectivity index (χ0) is 23.4. The van der Waals surface area contributed by atoms with Crippen molar-refractivity contribution in [1.29, 1.82) is 0 Å². The fourth-order valence-corrected chi connectivity index (χ4v) is 4.82. The van der Waals surface area contributed by atoms with E-state index in [1.54, 1.807) is 22.8 Å². The number of hydrogen-bond donors (Lipinski definition) is 3. The molecule has 4 rings (SSSR count). The zero-order valence-electron chi connectivity index (χ0n) is 17.6. The average Bonchev–Trinajstić information content (AvgIpc) is 3.20. The van der Waals surface area contributed by atoms with Gasteiger partial charge < -0.3 is 15.2 Å². The smallest absolute Gasteiger partial charge is 0.240 e. The highest BCUT2D eigenvalue weighted by molar-refractivity contribution is 9.10. The van der Waals surface area contributed by atoms with E-state index >= 15 is 0 Å². The molecule has 9 nitrogen and oxygen atoms in total. The highest BCUT2D eigenvalue weighted by Gasteiger charge is 2.20. The monoisotopic (exact) mass is 531 g/mol. The number of halogens is 1. The second-order valence-corrected chi connectivity index (χ2v) is 9.79. The number of benzene rings is 2. The molecule has 0 bridgehead atoms. The first-order chi connectivity index (χ1) is 15.9. The average molecular weight is 532 g/mol. The second kappa shape index (κ2) is 9.98. The van der Waals surface area contributed by atoms with E-state index in [0.29, 0.717) is 17.2 Å². The third-order valence-electron chi connectivity index (χ3n) is 4.85. The van der Waals surface area contributed by atoms with Crippen LogP contribution in [0.15, 0.2) is 76.2 Å². The van der Waals surface area contributed by atoms with Crippen molar-refractivity contribution in [3.63, 3.8) is 0 Å². The van der Waals surface area contributed by atoms with Crippen molar-refractivity contribution in [3.8, 4) is 11.3 Å². The summed E-state index contributed by atoms with van der Waals surface area (Å²) in [6.07, 6.45) is 1.67. The first-order valence-corrected chi connectivity index (χ1v) is 12.3. The minimum atomic E-state index is -3.81. The number of methoxy groups -OCH3 is 1. The van der Waals surface area contributed by atoms with E-state index in [2.05, 4.69) is 31.1 Å². The number of nitrogens with zero attached hydrogens (tertiary/aromatic N) is 3. The Labute approximate surface area is 199 Å². The molecule has 2 aromatic carbocycles. The van der Waals surface area contributed by atoms with Gasteiger partial charge in [-0.2, -0.15) is 9.61 Å². The first-order valence-electron chi connectivity index (χ1n) is 10.00. The van der Waals surface area contributed by atoms with Crippen LogP contribution in [0, 0.1) is 0 Å². The largest absolute Gasteiger partial charge is 0.395 e. The Bertz CT molecular complexity index is 1340. The summed E-state index contributed by atoms with van der Waals surface area (Å²) >= 11 is 3.49. The summed E-state index contributed by atoms with van der Waals surface area (Å²) in [6, 6.07) is 17.2. The fourth-order valence-electron chi connectivity index (χ4n) is 3.26. The minimum absolute atomic E-state index is 0.0661. The topological polar surface area (TPSA) is 118 Å². The van der Waals surface area contributed by atoms with Gasteiger partial charge in [-0.3, -0.25) is 0 Å². The Hall–Kier alpha value is -2.83. The van der Waals surface area contributed by atoms with Gasteiger partial charge in [0.15, 0.2) is 5.65 Å². The van der Waals surface area contributed by atoms with Crippen LogP contribution in [0.2, 0.25) is 0 Å². The molecule has 0 fully saturated rings. The number of ether oxygens (including phenoxy) is 1. The number of anilines is 2. The lowest BCUT2D eigenvalue weighted by molar-refractivity contribution is 0.139. The highest BCUT2D eigenvalue weighted by atomic mass is 79.9. The molecule has 3 N–H and O–H groups in total. The molecule has 0 saturated heterocycles. The van der Waals surface area contributed by atoms with E-state index in [-0.39, 0.29) is 18.1 Å². The maximum Gasteiger partial charge on any atom is 0.240 e. The van der Waals surface area contributed by atoms with Gasteiger partial charge in [0.2, 0.25) is 10.0 Å². The van der Waals surface area contributed by atoms with Crippen molar-refractivity contribution < 1.29 is 18.3 Å². The van der Waals surface area contributed by atoms with Crippen LogP contribution in [-0.4, -0.2) is 54.5 Å². The molecule has 0 saturated carbocycles. The normalized spacial score (nSPS) is 12.7. The summed E-state index contributed by atoms with van der Waals surface area (Å²) in [5.41, 5.74) is 3.04. The van der Waals surface area contributed by atoms with E-state index in [1.807, 2.05) is 36.4 Å². The molecule has 33 heavy (non-hydrogen) atoms. The number of aromatic nitrogens is 3. The van der Waals surface area contributed by atoms with E-state index in [0.717, 1.165) is 15.7 Å². The van der Waals surface area contributed by atoms with Crippen molar-refractivity contribution in [2.75, 3.05) is 25.6 Å². The maximum absolute atomic E-state index is 12.6. The van der Waals surface area contributed by atoms with E-state index in [9.17, 15) is 13.5 Å². The van der Waals surface area contributed by atoms with Crippen LogP contribution in [0.3, 0.4) is 0 Å². The molecule has 0 radical (unpaired) electrons. The number of hydrogen-bond acceptors (Lipinski definition) is 7. The lowest BCUT2D eigenvalue weighted by Gasteiger charge is -2.16. The van der Waals surface area contributed by atoms with Gasteiger partial charge in [-0.15, -0.1) is 0 Å². The van der Waals surface area contributed by atoms with Gasteiger partial charge in [-0.05, 0) is 40.2 Å². The number of sulfonamides is 1. The zero-order valence-corrected chi connectivity index (χ0v) is 20.0. The highest BCUT2D eigenvalue weighted by Crippen LogP contribution is 2.28. The van der Waals surface area contributed by atoms with Crippen LogP contribution in [0.25, 0.3) is 16.9 Å². The molecule has 0 aliphatic rings. The predicted octanol–water partition coefficient (Wildman–Crippen LogP) is 3.19. The minimum Gasteiger partial charge on any atom is -0.395 e. The summed E-state index contributed by atoms with van der Waals surface area (Å²) in [7, 11) is -2.37. The van der Waals surface area contributed by atoms with Crippen molar-refractivity contribution in [1.82, 2.24) is 19.3 Å². The molecule has 2 aromatic heterocycles.